The Morgan fingerprint density at radius 2 is 1.73 bits per heavy atom. The first-order chi connectivity index (χ1) is 27.9. The summed E-state index contributed by atoms with van der Waals surface area (Å²) in [5.74, 6) is -0.267. The molecule has 12 nitrogen and oxygen atoms in total. The minimum absolute atomic E-state index is 0. The number of nitro benzene ring substituents is 1. The molecule has 2 aliphatic heterocycles. The minimum atomic E-state index is -4.48. The van der Waals surface area contributed by atoms with Gasteiger partial charge in [-0.2, -0.15) is 0 Å². The van der Waals surface area contributed by atoms with Crippen molar-refractivity contribution in [1.29, 1.82) is 0 Å². The van der Waals surface area contributed by atoms with Crippen molar-refractivity contribution in [2.45, 2.75) is 47.7 Å². The fourth-order valence-corrected chi connectivity index (χ4v) is 9.66. The largest absolute Gasteiger partial charge is 0.376 e. The van der Waals surface area contributed by atoms with Gasteiger partial charge in [-0.3, -0.25) is 19.8 Å². The third kappa shape index (κ3) is 11.5. The van der Waals surface area contributed by atoms with E-state index in [0.717, 1.165) is 66.9 Å². The zero-order valence-electron chi connectivity index (χ0n) is 33.2. The van der Waals surface area contributed by atoms with Crippen LogP contribution in [0.5, 0.6) is 0 Å². The van der Waals surface area contributed by atoms with E-state index >= 15 is 0 Å². The number of nitrogens with zero attached hydrogens (tertiary/aromatic N) is 5. The molecular weight excluding hydrogens is 865 g/mol. The number of benzene rings is 4. The van der Waals surface area contributed by atoms with Gasteiger partial charge in [-0.15, -0.1) is 36.6 Å². The van der Waals surface area contributed by atoms with Crippen molar-refractivity contribution in [3.05, 3.63) is 141 Å². The number of fused-ring (bicyclic) bond motifs is 3. The van der Waals surface area contributed by atoms with Crippen LogP contribution in [0.25, 0.3) is 11.1 Å². The molecule has 318 valence electrons. The third-order valence-electron chi connectivity index (χ3n) is 10.6. The SMILES string of the molecule is CN(C)CC[C@H](CSc1ccccc1)Nc1ccc(S(=O)(=O)NC(=O)c2cc3c(cn2)N2CCN(Cc4ccccc4-c4ccc(Cl)cc4)CC2CC3)cc1[N+](=O)[O-].Cl.Cl. The van der Waals surface area contributed by atoms with Crippen LogP contribution in [-0.2, 0) is 23.0 Å². The molecule has 0 radical (unpaired) electrons. The molecule has 1 aromatic heterocycles. The van der Waals surface area contributed by atoms with Gasteiger partial charge in [-0.25, -0.2) is 18.1 Å². The first-order valence-electron chi connectivity index (χ1n) is 19.2. The fourth-order valence-electron chi connectivity index (χ4n) is 7.56. The number of carbonyl (C=O) groups is 1. The molecule has 5 aromatic rings. The van der Waals surface area contributed by atoms with E-state index < -0.39 is 31.4 Å². The van der Waals surface area contributed by atoms with Crippen LogP contribution in [0.15, 0.2) is 119 Å². The van der Waals surface area contributed by atoms with Crippen molar-refractivity contribution < 1.29 is 18.1 Å². The first kappa shape index (κ1) is 46.7. The van der Waals surface area contributed by atoms with E-state index in [2.05, 4.69) is 49.1 Å². The minimum Gasteiger partial charge on any atom is -0.376 e. The highest BCUT2D eigenvalue weighted by molar-refractivity contribution is 7.99. The molecule has 2 aliphatic rings. The molecular formula is C43H48Cl3N7O5S2. The van der Waals surface area contributed by atoms with E-state index in [9.17, 15) is 23.3 Å². The molecule has 0 saturated carbocycles. The molecule has 1 fully saturated rings. The topological polar surface area (TPSA) is 141 Å². The summed E-state index contributed by atoms with van der Waals surface area (Å²) < 4.78 is 29.1. The highest BCUT2D eigenvalue weighted by Crippen LogP contribution is 2.35. The number of sulfonamides is 1. The lowest BCUT2D eigenvalue weighted by Crippen LogP contribution is -2.54. The zero-order valence-corrected chi connectivity index (χ0v) is 37.2. The maximum absolute atomic E-state index is 13.5. The maximum Gasteiger partial charge on any atom is 0.293 e. The quantitative estimate of drug-likeness (QED) is 0.0594. The summed E-state index contributed by atoms with van der Waals surface area (Å²) in [4.78, 5) is 36.9. The number of aromatic nitrogens is 1. The van der Waals surface area contributed by atoms with E-state index in [0.29, 0.717) is 23.6 Å². The number of halogens is 3. The number of nitro groups is 1. The number of hydrogen-bond donors (Lipinski definition) is 2. The number of piperazine rings is 1. The van der Waals surface area contributed by atoms with E-state index in [4.69, 9.17) is 11.6 Å². The normalized spacial score (nSPS) is 15.5. The van der Waals surface area contributed by atoms with Crippen LogP contribution in [0.1, 0.15) is 34.5 Å². The molecule has 2 atom stereocenters. The Labute approximate surface area is 373 Å². The lowest BCUT2D eigenvalue weighted by Gasteiger charge is -2.46. The summed E-state index contributed by atoms with van der Waals surface area (Å²) in [6, 6.07) is 31.7. The van der Waals surface area contributed by atoms with Gasteiger partial charge in [0.15, 0.2) is 0 Å². The van der Waals surface area contributed by atoms with Gasteiger partial charge in [0.2, 0.25) is 0 Å². The second-order valence-corrected chi connectivity index (χ2v) is 18.1. The predicted molar refractivity (Wildman–Crippen MR) is 246 cm³/mol. The highest BCUT2D eigenvalue weighted by atomic mass is 35.5. The molecule has 4 aromatic carbocycles. The summed E-state index contributed by atoms with van der Waals surface area (Å²) in [5, 5.41) is 16.2. The molecule has 1 amide bonds. The molecule has 0 bridgehead atoms. The summed E-state index contributed by atoms with van der Waals surface area (Å²) in [7, 11) is -0.558. The molecule has 7 rings (SSSR count). The van der Waals surface area contributed by atoms with Crippen molar-refractivity contribution in [2.75, 3.05) is 56.2 Å². The second-order valence-electron chi connectivity index (χ2n) is 14.9. The Bertz CT molecular complexity index is 2380. The molecule has 2 N–H and O–H groups in total. The lowest BCUT2D eigenvalue weighted by atomic mass is 9.93. The van der Waals surface area contributed by atoms with Crippen LogP contribution in [0.3, 0.4) is 0 Å². The Kier molecular flexibility index (Phi) is 16.3. The van der Waals surface area contributed by atoms with Gasteiger partial charge < -0.3 is 15.1 Å². The smallest absolute Gasteiger partial charge is 0.293 e. The molecule has 1 saturated heterocycles. The summed E-state index contributed by atoms with van der Waals surface area (Å²) in [6.07, 6.45) is 3.94. The number of aryl methyl sites for hydroxylation is 1. The van der Waals surface area contributed by atoms with Crippen molar-refractivity contribution >= 4 is 81.2 Å². The molecule has 17 heteroatoms. The van der Waals surface area contributed by atoms with Crippen LogP contribution in [0.2, 0.25) is 5.02 Å². The van der Waals surface area contributed by atoms with Crippen LogP contribution >= 0.6 is 48.2 Å². The van der Waals surface area contributed by atoms with Gasteiger partial charge in [0.25, 0.3) is 21.6 Å². The average Bonchev–Trinajstić information content (AvgIpc) is 3.22. The molecule has 0 spiro atoms. The number of thioether (sulfide) groups is 1. The van der Waals surface area contributed by atoms with Crippen molar-refractivity contribution in [3.63, 3.8) is 0 Å². The Morgan fingerprint density at radius 1 is 1.00 bits per heavy atom. The predicted octanol–water partition coefficient (Wildman–Crippen LogP) is 8.43. The van der Waals surface area contributed by atoms with Gasteiger partial charge >= 0.3 is 0 Å². The third-order valence-corrected chi connectivity index (χ3v) is 13.3. The van der Waals surface area contributed by atoms with E-state index in [1.807, 2.05) is 73.6 Å². The maximum atomic E-state index is 13.5. The Balaban J connectivity index is 0.00000341. The molecule has 1 unspecified atom stereocenters. The van der Waals surface area contributed by atoms with E-state index in [1.165, 1.54) is 23.3 Å². The number of carbonyl (C=O) groups excluding carboxylic acids is 1. The summed E-state index contributed by atoms with van der Waals surface area (Å²) >= 11 is 7.78. The number of anilines is 2. The van der Waals surface area contributed by atoms with Gasteiger partial charge in [0.05, 0.1) is 21.7 Å². The number of pyridine rings is 1. The van der Waals surface area contributed by atoms with Gasteiger partial charge in [-0.05, 0) is 105 Å². The molecule has 60 heavy (non-hydrogen) atoms. The zero-order chi connectivity index (χ0) is 40.8. The highest BCUT2D eigenvalue weighted by Gasteiger charge is 2.33. The Morgan fingerprint density at radius 3 is 2.47 bits per heavy atom. The Hall–Kier alpha value is -4.41. The van der Waals surface area contributed by atoms with Crippen molar-refractivity contribution in [2.24, 2.45) is 0 Å². The van der Waals surface area contributed by atoms with Crippen molar-refractivity contribution in [3.8, 4) is 11.1 Å². The van der Waals surface area contributed by atoms with Crippen LogP contribution in [0.4, 0.5) is 17.1 Å². The fraction of sp³-hybridized carbons (Fsp3) is 0.302. The first-order valence-corrected chi connectivity index (χ1v) is 22.0. The van der Waals surface area contributed by atoms with Gasteiger partial charge in [0, 0.05) is 60.0 Å². The average molecular weight is 913 g/mol. The summed E-state index contributed by atoms with van der Waals surface area (Å²) in [5.41, 5.74) is 5.21. The van der Waals surface area contributed by atoms with Crippen LogP contribution in [0, 0.1) is 10.1 Å². The van der Waals surface area contributed by atoms with Gasteiger partial charge in [0.1, 0.15) is 11.4 Å². The van der Waals surface area contributed by atoms with Crippen molar-refractivity contribution in [1.82, 2.24) is 19.5 Å². The number of nitrogens with one attached hydrogen (secondary N) is 2. The van der Waals surface area contributed by atoms with E-state index in [-0.39, 0.29) is 48.3 Å². The van der Waals surface area contributed by atoms with Gasteiger partial charge in [-0.1, -0.05) is 66.2 Å². The monoisotopic (exact) mass is 911 g/mol. The van der Waals surface area contributed by atoms with E-state index in [1.54, 1.807) is 24.0 Å². The molecule has 3 heterocycles. The summed E-state index contributed by atoms with van der Waals surface area (Å²) in [6.45, 7) is 4.06. The lowest BCUT2D eigenvalue weighted by molar-refractivity contribution is -0.384. The van der Waals surface area contributed by atoms with Crippen LogP contribution < -0.4 is 14.9 Å². The number of amides is 1. The number of rotatable bonds is 15. The number of hydrogen-bond acceptors (Lipinski definition) is 11. The molecule has 0 aliphatic carbocycles. The second kappa shape index (κ2) is 20.9. The standard InChI is InChI=1S/C43H46ClN7O5S2.2ClH/c1-48(2)21-20-34(29-57-36-9-4-3-5-10-36)46-39-19-18-37(25-41(39)51(53)54)58(55,56)47-43(52)40-24-31-14-17-35-28-49(22-23-50(35)42(31)26-45-40)27-32-8-6-7-11-38(32)30-12-15-33(44)16-13-30;;/h3-13,15-16,18-19,24-26,34-35,46H,14,17,20-23,27-29H2,1-2H3,(H,47,52);2*1H/t34-,35?;;/m1../s1. The van der Waals surface area contributed by atoms with Crippen LogP contribution in [-0.4, -0.2) is 92.1 Å².